The van der Waals surface area contributed by atoms with Crippen molar-refractivity contribution >= 4 is 34.8 Å². The van der Waals surface area contributed by atoms with Crippen LogP contribution in [-0.2, 0) is 27.3 Å². The first-order valence-corrected chi connectivity index (χ1v) is 13.7. The van der Waals surface area contributed by atoms with Gasteiger partial charge in [-0.1, -0.05) is 24.4 Å². The Morgan fingerprint density at radius 2 is 1.79 bits per heavy atom. The fourth-order valence-corrected chi connectivity index (χ4v) is 7.28. The molecule has 1 saturated carbocycles. The number of amides is 1. The van der Waals surface area contributed by atoms with Crippen LogP contribution in [0.4, 0.5) is 0 Å². The zero-order valence-electron chi connectivity index (χ0n) is 22.0. The summed E-state index contributed by atoms with van der Waals surface area (Å²) in [5.74, 6) is -6.74. The Morgan fingerprint density at radius 1 is 1.15 bits per heavy atom. The van der Waals surface area contributed by atoms with Crippen molar-refractivity contribution in [3.8, 4) is 5.75 Å². The van der Waals surface area contributed by atoms with Gasteiger partial charge in [-0.05, 0) is 76.0 Å². The number of rotatable bonds is 4. The minimum absolute atomic E-state index is 0.0101. The van der Waals surface area contributed by atoms with Gasteiger partial charge in [0, 0.05) is 23.1 Å². The van der Waals surface area contributed by atoms with Gasteiger partial charge in [-0.2, -0.15) is 0 Å². The lowest BCUT2D eigenvalue weighted by Crippen LogP contribution is -2.65. The number of likely N-dealkylation sites (N-methyl/N-ethyl adjacent to an activating group) is 1. The lowest BCUT2D eigenvalue weighted by molar-refractivity contribution is -0.153. The summed E-state index contributed by atoms with van der Waals surface area (Å²) in [6.45, 7) is 2.38. The predicted octanol–water partition coefficient (Wildman–Crippen LogP) is 1.99. The van der Waals surface area contributed by atoms with Crippen LogP contribution in [0.5, 0.6) is 5.75 Å². The molecule has 1 heterocycles. The monoisotopic (exact) mass is 559 g/mol. The quantitative estimate of drug-likeness (QED) is 0.347. The number of halogens is 1. The normalized spacial score (nSPS) is 29.7. The Bertz CT molecular complexity index is 1330. The number of phenolic OH excluding ortho intramolecular Hbond substituents is 1. The summed E-state index contributed by atoms with van der Waals surface area (Å²) >= 11 is 6.87. The predicted molar refractivity (Wildman–Crippen MR) is 143 cm³/mol. The second-order valence-corrected chi connectivity index (χ2v) is 11.8. The maximum atomic E-state index is 13.9. The van der Waals surface area contributed by atoms with Gasteiger partial charge in [0.2, 0.25) is 5.78 Å². The number of carbonyl (C=O) groups is 3. The highest BCUT2D eigenvalue weighted by atomic mass is 35.5. The van der Waals surface area contributed by atoms with E-state index in [1.165, 1.54) is 23.8 Å². The van der Waals surface area contributed by atoms with Gasteiger partial charge in [-0.25, -0.2) is 0 Å². The number of aliphatic hydroxyl groups excluding tert-OH is 2. The van der Waals surface area contributed by atoms with E-state index in [2.05, 4.69) is 4.90 Å². The number of fused-ring (bicyclic) bond motifs is 3. The Hall–Kier alpha value is -2.92. The summed E-state index contributed by atoms with van der Waals surface area (Å²) < 4.78 is 0. The van der Waals surface area contributed by atoms with Crippen LogP contribution in [-0.4, -0.2) is 86.5 Å². The number of hydrogen-bond donors (Lipinski definition) is 5. The molecular weight excluding hydrogens is 526 g/mol. The Kier molecular flexibility index (Phi) is 7.03. The van der Waals surface area contributed by atoms with E-state index in [0.29, 0.717) is 17.1 Å². The summed E-state index contributed by atoms with van der Waals surface area (Å²) in [5, 5.41) is 45.3. The van der Waals surface area contributed by atoms with Crippen LogP contribution in [0.25, 0.3) is 5.76 Å². The number of phenols is 1. The Balaban J connectivity index is 1.62. The van der Waals surface area contributed by atoms with Crippen molar-refractivity contribution in [1.82, 2.24) is 9.80 Å². The number of aromatic hydroxyl groups is 1. The zero-order valence-corrected chi connectivity index (χ0v) is 22.8. The molecule has 0 radical (unpaired) electrons. The summed E-state index contributed by atoms with van der Waals surface area (Å²) in [6.07, 6.45) is 4.72. The molecule has 1 saturated heterocycles. The minimum Gasteiger partial charge on any atom is -0.508 e. The van der Waals surface area contributed by atoms with Gasteiger partial charge < -0.3 is 26.2 Å². The molecule has 5 rings (SSSR count). The summed E-state index contributed by atoms with van der Waals surface area (Å²) in [7, 11) is 3.13. The number of carbonyl (C=O) groups excluding carboxylic acids is 3. The van der Waals surface area contributed by atoms with Crippen molar-refractivity contribution in [2.45, 2.75) is 56.7 Å². The molecule has 1 amide bonds. The number of Topliss-reactive ketones (excluding diaryl/α,β-unsaturated/α-hetero) is 2. The van der Waals surface area contributed by atoms with E-state index >= 15 is 0 Å². The van der Waals surface area contributed by atoms with Gasteiger partial charge in [0.05, 0.1) is 11.6 Å². The third kappa shape index (κ3) is 4.16. The third-order valence-electron chi connectivity index (χ3n) is 8.82. The van der Waals surface area contributed by atoms with Gasteiger partial charge in [0.25, 0.3) is 5.91 Å². The second-order valence-electron chi connectivity index (χ2n) is 11.4. The largest absolute Gasteiger partial charge is 0.508 e. The Labute approximate surface area is 231 Å². The molecule has 0 unspecified atom stereocenters. The van der Waals surface area contributed by atoms with Crippen LogP contribution in [0.3, 0.4) is 0 Å². The fraction of sp³-hybridized carbons (Fsp3) is 0.536. The molecule has 0 spiro atoms. The smallest absolute Gasteiger partial charge is 0.255 e. The molecular formula is C28H34ClN3O7. The van der Waals surface area contributed by atoms with Gasteiger partial charge in [0.1, 0.15) is 22.8 Å². The van der Waals surface area contributed by atoms with E-state index in [0.717, 1.165) is 31.5 Å². The molecule has 1 aromatic carbocycles. The average Bonchev–Trinajstić information content (AvgIpc) is 3.12. The molecule has 1 aliphatic heterocycles. The molecule has 0 aromatic heterocycles. The highest BCUT2D eigenvalue weighted by Gasteiger charge is 2.64. The summed E-state index contributed by atoms with van der Waals surface area (Å²) in [4.78, 5) is 42.9. The molecule has 39 heavy (non-hydrogen) atoms. The second kappa shape index (κ2) is 9.92. The summed E-state index contributed by atoms with van der Waals surface area (Å²) in [6, 6.07) is 0.374. The number of ketones is 2. The van der Waals surface area contributed by atoms with Gasteiger partial charge in [-0.15, -0.1) is 0 Å². The highest BCUT2D eigenvalue weighted by Crippen LogP contribution is 2.53. The standard InChI is InChI=1S/C28H34ClN3O7/c1-31(2)22-16-10-13-9-15-19(17(33)11-14(21(15)29)12-32-7-5-3-4-6-8-32)23(34)18(13)25(36)28(16,39)26(37)20(24(22)35)27(30)38/h11,13,16,22,33-34,37,39H,3-10,12H2,1-2H3,(H2,30,38)/t13-,16-,22-,28-/m0/s1. The van der Waals surface area contributed by atoms with Crippen molar-refractivity contribution < 1.29 is 34.8 Å². The van der Waals surface area contributed by atoms with Crippen molar-refractivity contribution in [1.29, 1.82) is 0 Å². The van der Waals surface area contributed by atoms with E-state index in [-0.39, 0.29) is 29.7 Å². The number of hydrogen-bond acceptors (Lipinski definition) is 9. The van der Waals surface area contributed by atoms with Crippen molar-refractivity contribution in [2.75, 3.05) is 27.2 Å². The molecule has 210 valence electrons. The van der Waals surface area contributed by atoms with E-state index in [1.807, 2.05) is 0 Å². The van der Waals surface area contributed by atoms with Crippen molar-refractivity contribution in [3.05, 3.63) is 44.7 Å². The average molecular weight is 560 g/mol. The first-order chi connectivity index (χ1) is 18.4. The Morgan fingerprint density at radius 3 is 2.38 bits per heavy atom. The third-order valence-corrected chi connectivity index (χ3v) is 9.29. The van der Waals surface area contributed by atoms with Gasteiger partial charge in [-0.3, -0.25) is 24.2 Å². The van der Waals surface area contributed by atoms with E-state index in [9.17, 15) is 34.8 Å². The van der Waals surface area contributed by atoms with Crippen LogP contribution in [0, 0.1) is 11.8 Å². The molecule has 10 nitrogen and oxygen atoms in total. The number of likely N-dealkylation sites (tertiary alicyclic amines) is 1. The van der Waals surface area contributed by atoms with Gasteiger partial charge >= 0.3 is 0 Å². The zero-order chi connectivity index (χ0) is 28.4. The SMILES string of the molecule is CN(C)[C@@H]1C(=O)C(C(N)=O)=C(O)[C@@]2(O)C(=O)C3=C(O)c4c(O)cc(CN5CCCCCC5)c(Cl)c4C[C@H]3C[C@@H]12. The van der Waals surface area contributed by atoms with E-state index < -0.39 is 58.0 Å². The fourth-order valence-electron chi connectivity index (χ4n) is 7.00. The molecule has 0 bridgehead atoms. The summed E-state index contributed by atoms with van der Waals surface area (Å²) in [5.41, 5.74) is 2.90. The number of benzene rings is 1. The maximum Gasteiger partial charge on any atom is 0.255 e. The number of aliphatic hydroxyl groups is 3. The molecule has 2 fully saturated rings. The molecule has 11 heteroatoms. The van der Waals surface area contributed by atoms with Crippen LogP contribution < -0.4 is 5.73 Å². The topological polar surface area (TPSA) is 165 Å². The highest BCUT2D eigenvalue weighted by molar-refractivity contribution is 6.32. The molecule has 4 aliphatic rings. The van der Waals surface area contributed by atoms with Crippen LogP contribution >= 0.6 is 11.6 Å². The molecule has 6 N–H and O–H groups in total. The van der Waals surface area contributed by atoms with Crippen molar-refractivity contribution in [2.24, 2.45) is 17.6 Å². The van der Waals surface area contributed by atoms with Crippen LogP contribution in [0.1, 0.15) is 48.8 Å². The van der Waals surface area contributed by atoms with Crippen LogP contribution in [0.15, 0.2) is 23.0 Å². The molecule has 3 aliphatic carbocycles. The number of nitrogens with zero attached hydrogens (tertiary/aromatic N) is 2. The van der Waals surface area contributed by atoms with Gasteiger partial charge in [0.15, 0.2) is 11.4 Å². The van der Waals surface area contributed by atoms with Crippen LogP contribution in [0.2, 0.25) is 5.02 Å². The first kappa shape index (κ1) is 27.6. The minimum atomic E-state index is -2.66. The lowest BCUT2D eigenvalue weighted by Gasteiger charge is -2.50. The number of primary amides is 1. The first-order valence-electron chi connectivity index (χ1n) is 13.3. The van der Waals surface area contributed by atoms with E-state index in [4.69, 9.17) is 17.3 Å². The van der Waals surface area contributed by atoms with Crippen molar-refractivity contribution in [3.63, 3.8) is 0 Å². The number of nitrogens with two attached hydrogens (primary N) is 1. The maximum absolute atomic E-state index is 13.9. The van der Waals surface area contributed by atoms with E-state index in [1.54, 1.807) is 14.1 Å². The lowest BCUT2D eigenvalue weighted by atomic mass is 9.57. The molecule has 4 atom stereocenters. The molecule has 1 aromatic rings.